The van der Waals surface area contributed by atoms with Crippen LogP contribution in [-0.4, -0.2) is 43.7 Å². The van der Waals surface area contributed by atoms with Gasteiger partial charge in [0, 0.05) is 32.4 Å². The molecule has 6 nitrogen and oxygen atoms in total. The van der Waals surface area contributed by atoms with Crippen LogP contribution in [0.3, 0.4) is 0 Å². The number of hydrogen-bond acceptors (Lipinski definition) is 5. The molecule has 1 saturated heterocycles. The zero-order valence-electron chi connectivity index (χ0n) is 12.8. The molecule has 1 aliphatic heterocycles. The number of carbonyl (C=O) groups is 1. The monoisotopic (exact) mass is 292 g/mol. The van der Waals surface area contributed by atoms with Gasteiger partial charge in [-0.25, -0.2) is 4.98 Å². The van der Waals surface area contributed by atoms with E-state index >= 15 is 0 Å². The number of carbonyl (C=O) groups excluding carboxylic acids is 1. The van der Waals surface area contributed by atoms with Crippen LogP contribution in [0.5, 0.6) is 0 Å². The fourth-order valence-electron chi connectivity index (χ4n) is 2.02. The number of aromatic nitrogens is 1. The van der Waals surface area contributed by atoms with E-state index in [1.165, 1.54) is 0 Å². The first-order valence-electron chi connectivity index (χ1n) is 7.29. The fourth-order valence-corrected chi connectivity index (χ4v) is 2.02. The third kappa shape index (κ3) is 4.15. The standard InChI is InChI=1S/C15H24N4O2/c1-15(2,11-16)14(20)18-10-12-3-4-13(17-9-12)19-5-7-21-8-6-19/h3-4,9H,5-8,10-11,16H2,1-2H3,(H,18,20). The van der Waals surface area contributed by atoms with Gasteiger partial charge in [-0.15, -0.1) is 0 Å². The molecule has 3 N–H and O–H groups in total. The Morgan fingerprint density at radius 3 is 2.71 bits per heavy atom. The molecule has 0 aliphatic carbocycles. The molecule has 2 heterocycles. The molecule has 0 radical (unpaired) electrons. The van der Waals surface area contributed by atoms with Crippen molar-refractivity contribution in [2.45, 2.75) is 20.4 Å². The van der Waals surface area contributed by atoms with E-state index in [0.29, 0.717) is 13.1 Å². The molecule has 0 atom stereocenters. The highest BCUT2D eigenvalue weighted by atomic mass is 16.5. The highest BCUT2D eigenvalue weighted by Crippen LogP contribution is 2.14. The minimum atomic E-state index is -0.541. The molecule has 1 aromatic heterocycles. The molecule has 1 fully saturated rings. The Hall–Kier alpha value is -1.66. The first-order chi connectivity index (χ1) is 10.0. The zero-order valence-corrected chi connectivity index (χ0v) is 12.8. The number of hydrogen-bond donors (Lipinski definition) is 2. The number of amides is 1. The van der Waals surface area contributed by atoms with Crippen LogP contribution in [-0.2, 0) is 16.1 Å². The first kappa shape index (κ1) is 15.7. The molecule has 2 rings (SSSR count). The Labute approximate surface area is 125 Å². The molecule has 0 aromatic carbocycles. The van der Waals surface area contributed by atoms with Crippen molar-refractivity contribution in [1.82, 2.24) is 10.3 Å². The quantitative estimate of drug-likeness (QED) is 0.827. The van der Waals surface area contributed by atoms with Crippen molar-refractivity contribution >= 4 is 11.7 Å². The maximum Gasteiger partial charge on any atom is 0.227 e. The number of nitrogens with one attached hydrogen (secondary N) is 1. The summed E-state index contributed by atoms with van der Waals surface area (Å²) in [6, 6.07) is 3.98. The van der Waals surface area contributed by atoms with Gasteiger partial charge in [0.1, 0.15) is 5.82 Å². The average Bonchev–Trinajstić information content (AvgIpc) is 2.54. The molecular formula is C15H24N4O2. The Morgan fingerprint density at radius 1 is 1.43 bits per heavy atom. The topological polar surface area (TPSA) is 80.5 Å². The van der Waals surface area contributed by atoms with Crippen LogP contribution in [0.1, 0.15) is 19.4 Å². The van der Waals surface area contributed by atoms with Crippen molar-refractivity contribution in [3.8, 4) is 0 Å². The minimum Gasteiger partial charge on any atom is -0.378 e. The highest BCUT2D eigenvalue weighted by Gasteiger charge is 2.25. The smallest absolute Gasteiger partial charge is 0.227 e. The van der Waals surface area contributed by atoms with Gasteiger partial charge in [-0.05, 0) is 25.5 Å². The van der Waals surface area contributed by atoms with Crippen molar-refractivity contribution in [3.63, 3.8) is 0 Å². The fraction of sp³-hybridized carbons (Fsp3) is 0.600. The summed E-state index contributed by atoms with van der Waals surface area (Å²) in [5, 5.41) is 2.90. The highest BCUT2D eigenvalue weighted by molar-refractivity contribution is 5.81. The molecule has 0 bridgehead atoms. The van der Waals surface area contributed by atoms with Gasteiger partial charge in [0.2, 0.25) is 5.91 Å². The second kappa shape index (κ2) is 6.87. The van der Waals surface area contributed by atoms with Gasteiger partial charge in [-0.1, -0.05) is 6.07 Å². The first-order valence-corrected chi connectivity index (χ1v) is 7.29. The van der Waals surface area contributed by atoms with Gasteiger partial charge in [0.05, 0.1) is 18.6 Å². The maximum absolute atomic E-state index is 11.9. The van der Waals surface area contributed by atoms with Crippen molar-refractivity contribution in [2.24, 2.45) is 11.1 Å². The normalized spacial score (nSPS) is 15.9. The molecule has 21 heavy (non-hydrogen) atoms. The number of morpholine rings is 1. The molecule has 6 heteroatoms. The number of nitrogens with zero attached hydrogens (tertiary/aromatic N) is 2. The van der Waals surface area contributed by atoms with Crippen molar-refractivity contribution in [2.75, 3.05) is 37.7 Å². The Balaban J connectivity index is 1.89. The Morgan fingerprint density at radius 2 is 2.14 bits per heavy atom. The third-order valence-electron chi connectivity index (χ3n) is 3.72. The Kier molecular flexibility index (Phi) is 5.14. The minimum absolute atomic E-state index is 0.0396. The van der Waals surface area contributed by atoms with E-state index in [9.17, 15) is 4.79 Å². The van der Waals surface area contributed by atoms with Gasteiger partial charge in [0.25, 0.3) is 0 Å². The van der Waals surface area contributed by atoms with Crippen LogP contribution in [0.25, 0.3) is 0 Å². The summed E-state index contributed by atoms with van der Waals surface area (Å²) in [4.78, 5) is 18.6. The zero-order chi connectivity index (χ0) is 15.3. The summed E-state index contributed by atoms with van der Waals surface area (Å²) in [7, 11) is 0. The average molecular weight is 292 g/mol. The lowest BCUT2D eigenvalue weighted by Gasteiger charge is -2.27. The van der Waals surface area contributed by atoms with E-state index in [2.05, 4.69) is 15.2 Å². The molecule has 0 saturated carbocycles. The van der Waals surface area contributed by atoms with Gasteiger partial charge < -0.3 is 20.7 Å². The van der Waals surface area contributed by atoms with E-state index in [-0.39, 0.29) is 5.91 Å². The summed E-state index contributed by atoms with van der Waals surface area (Å²) in [5.41, 5.74) is 6.03. The number of pyridine rings is 1. The van der Waals surface area contributed by atoms with E-state index in [1.807, 2.05) is 26.0 Å². The SMILES string of the molecule is CC(C)(CN)C(=O)NCc1ccc(N2CCOCC2)nc1. The Bertz CT molecular complexity index is 467. The van der Waals surface area contributed by atoms with Crippen molar-refractivity contribution < 1.29 is 9.53 Å². The summed E-state index contributed by atoms with van der Waals surface area (Å²) >= 11 is 0. The molecular weight excluding hydrogens is 268 g/mol. The molecule has 1 aromatic rings. The van der Waals surface area contributed by atoms with Crippen molar-refractivity contribution in [1.29, 1.82) is 0 Å². The number of ether oxygens (including phenoxy) is 1. The molecule has 1 aliphatic rings. The molecule has 0 unspecified atom stereocenters. The molecule has 116 valence electrons. The van der Waals surface area contributed by atoms with Gasteiger partial charge >= 0.3 is 0 Å². The summed E-state index contributed by atoms with van der Waals surface area (Å²) in [5.74, 6) is 0.915. The summed E-state index contributed by atoms with van der Waals surface area (Å²) < 4.78 is 5.33. The predicted molar refractivity (Wildman–Crippen MR) is 82.0 cm³/mol. The second-order valence-electron chi connectivity index (χ2n) is 5.89. The number of anilines is 1. The summed E-state index contributed by atoms with van der Waals surface area (Å²) in [6.45, 7) is 7.69. The van der Waals surface area contributed by atoms with Gasteiger partial charge in [0.15, 0.2) is 0 Å². The lowest BCUT2D eigenvalue weighted by molar-refractivity contribution is -0.129. The van der Waals surface area contributed by atoms with Gasteiger partial charge in [-0.3, -0.25) is 4.79 Å². The van der Waals surface area contributed by atoms with E-state index < -0.39 is 5.41 Å². The lowest BCUT2D eigenvalue weighted by Crippen LogP contribution is -2.41. The summed E-state index contributed by atoms with van der Waals surface area (Å²) in [6.07, 6.45) is 1.81. The van der Waals surface area contributed by atoms with Crippen LogP contribution >= 0.6 is 0 Å². The largest absolute Gasteiger partial charge is 0.378 e. The van der Waals surface area contributed by atoms with Crippen LogP contribution < -0.4 is 16.0 Å². The van der Waals surface area contributed by atoms with Gasteiger partial charge in [-0.2, -0.15) is 0 Å². The maximum atomic E-state index is 11.9. The molecule has 0 spiro atoms. The van der Waals surface area contributed by atoms with Crippen LogP contribution in [0, 0.1) is 5.41 Å². The van der Waals surface area contributed by atoms with Crippen LogP contribution in [0.15, 0.2) is 18.3 Å². The number of nitrogens with two attached hydrogens (primary N) is 1. The lowest BCUT2D eigenvalue weighted by atomic mass is 9.93. The van der Waals surface area contributed by atoms with Crippen LogP contribution in [0.4, 0.5) is 5.82 Å². The second-order valence-corrected chi connectivity index (χ2v) is 5.89. The predicted octanol–water partition coefficient (Wildman–Crippen LogP) is 0.519. The third-order valence-corrected chi connectivity index (χ3v) is 3.72. The van der Waals surface area contributed by atoms with Crippen molar-refractivity contribution in [3.05, 3.63) is 23.9 Å². The van der Waals surface area contributed by atoms with E-state index in [4.69, 9.17) is 10.5 Å². The van der Waals surface area contributed by atoms with Crippen LogP contribution in [0.2, 0.25) is 0 Å². The van der Waals surface area contributed by atoms with E-state index in [1.54, 1.807) is 6.20 Å². The number of rotatable bonds is 5. The van der Waals surface area contributed by atoms with E-state index in [0.717, 1.165) is 37.7 Å². The molecule has 1 amide bonds.